The first kappa shape index (κ1) is 20.5. The minimum atomic E-state index is -0.0376. The molecule has 0 amide bonds. The minimum Gasteiger partial charge on any atom is -0.308 e. The molecule has 0 N–H and O–H groups in total. The highest BCUT2D eigenvalue weighted by molar-refractivity contribution is 7.99. The molecule has 0 radical (unpaired) electrons. The molecule has 0 saturated carbocycles. The smallest absolute Gasteiger partial charge is 0.0702 e. The molecule has 0 unspecified atom stereocenters. The summed E-state index contributed by atoms with van der Waals surface area (Å²) in [5, 5.41) is 0. The molecule has 1 aliphatic carbocycles. The second-order valence-electron chi connectivity index (χ2n) is 9.68. The summed E-state index contributed by atoms with van der Waals surface area (Å²) >= 11 is 1.86. The zero-order valence-corrected chi connectivity index (χ0v) is 20.5. The zero-order chi connectivity index (χ0) is 23.6. The second-order valence-corrected chi connectivity index (χ2v) is 10.8. The average Bonchev–Trinajstić information content (AvgIpc) is 3.15. The maximum absolute atomic E-state index is 4.62. The van der Waals surface area contributed by atoms with Gasteiger partial charge in [-0.05, 0) is 59.2 Å². The molecule has 0 fully saturated rings. The molecule has 0 atom stereocenters. The third-order valence-corrected chi connectivity index (χ3v) is 8.42. The third kappa shape index (κ3) is 3.01. The third-order valence-electron chi connectivity index (χ3n) is 7.30. The molecule has 7 rings (SSSR count). The van der Waals surface area contributed by atoms with Crippen molar-refractivity contribution < 1.29 is 0 Å². The van der Waals surface area contributed by atoms with Gasteiger partial charge in [-0.25, -0.2) is 0 Å². The molecule has 0 spiro atoms. The number of benzene rings is 4. The summed E-state index contributed by atoms with van der Waals surface area (Å²) in [4.78, 5) is 9.63. The lowest BCUT2D eigenvalue weighted by atomic mass is 9.82. The van der Waals surface area contributed by atoms with Gasteiger partial charge in [0.2, 0.25) is 0 Å². The lowest BCUT2D eigenvalue weighted by Gasteiger charge is -2.35. The Morgan fingerprint density at radius 2 is 1.49 bits per heavy atom. The van der Waals surface area contributed by atoms with E-state index in [1.54, 1.807) is 0 Å². The first-order valence-electron chi connectivity index (χ1n) is 12.0. The predicted molar refractivity (Wildman–Crippen MR) is 146 cm³/mol. The van der Waals surface area contributed by atoms with Gasteiger partial charge >= 0.3 is 0 Å². The van der Waals surface area contributed by atoms with Crippen LogP contribution in [0.2, 0.25) is 0 Å². The Hall–Kier alpha value is -3.82. The van der Waals surface area contributed by atoms with Gasteiger partial charge in [0.05, 0.1) is 17.1 Å². The van der Waals surface area contributed by atoms with Crippen molar-refractivity contribution in [1.82, 2.24) is 4.98 Å². The van der Waals surface area contributed by atoms with E-state index in [0.717, 1.165) is 11.3 Å². The number of hydrogen-bond acceptors (Lipinski definition) is 3. The Labute approximate surface area is 210 Å². The molecule has 2 aliphatic rings. The summed E-state index contributed by atoms with van der Waals surface area (Å²) in [5.41, 5.74) is 11.2. The van der Waals surface area contributed by atoms with Crippen LogP contribution in [0.15, 0.2) is 119 Å². The van der Waals surface area contributed by atoms with Crippen LogP contribution < -0.4 is 4.90 Å². The van der Waals surface area contributed by atoms with Gasteiger partial charge in [-0.2, -0.15) is 0 Å². The topological polar surface area (TPSA) is 16.1 Å². The predicted octanol–water partition coefficient (Wildman–Crippen LogP) is 8.99. The van der Waals surface area contributed by atoms with Crippen molar-refractivity contribution >= 4 is 28.8 Å². The fourth-order valence-electron chi connectivity index (χ4n) is 5.62. The van der Waals surface area contributed by atoms with Crippen LogP contribution in [-0.4, -0.2) is 4.98 Å². The summed E-state index contributed by atoms with van der Waals surface area (Å²) < 4.78 is 0. The standard InChI is InChI=1S/C32H24N2S/c1-32(2)24-13-7-6-12-23(24)30-25(32)16-18-29-31(30)34(22-10-4-3-5-11-22)27-20-21(15-17-28(27)35-29)26-14-8-9-19-33-26/h3-20H,1-2H3. The van der Waals surface area contributed by atoms with Crippen LogP contribution in [-0.2, 0) is 5.41 Å². The molecule has 168 valence electrons. The molecule has 0 saturated heterocycles. The number of rotatable bonds is 2. The molecule has 1 aliphatic heterocycles. The van der Waals surface area contributed by atoms with Crippen LogP contribution in [0.3, 0.4) is 0 Å². The summed E-state index contributed by atoms with van der Waals surface area (Å²) in [5.74, 6) is 0. The number of nitrogens with zero attached hydrogens (tertiary/aromatic N) is 2. The number of pyridine rings is 1. The minimum absolute atomic E-state index is 0.0376. The van der Waals surface area contributed by atoms with Crippen LogP contribution in [0.25, 0.3) is 22.4 Å². The van der Waals surface area contributed by atoms with Crippen molar-refractivity contribution in [2.45, 2.75) is 29.1 Å². The van der Waals surface area contributed by atoms with Crippen LogP contribution >= 0.6 is 11.8 Å². The monoisotopic (exact) mass is 468 g/mol. The van der Waals surface area contributed by atoms with E-state index in [4.69, 9.17) is 0 Å². The quantitative estimate of drug-likeness (QED) is 0.252. The van der Waals surface area contributed by atoms with Crippen molar-refractivity contribution in [3.63, 3.8) is 0 Å². The molecule has 3 heteroatoms. The highest BCUT2D eigenvalue weighted by Crippen LogP contribution is 2.60. The lowest BCUT2D eigenvalue weighted by Crippen LogP contribution is -2.18. The van der Waals surface area contributed by atoms with E-state index in [1.807, 2.05) is 30.1 Å². The van der Waals surface area contributed by atoms with E-state index in [2.05, 4.69) is 115 Å². The maximum Gasteiger partial charge on any atom is 0.0702 e. The zero-order valence-electron chi connectivity index (χ0n) is 19.7. The summed E-state index contributed by atoms with van der Waals surface area (Å²) in [7, 11) is 0. The molecule has 5 aromatic rings. The van der Waals surface area contributed by atoms with Crippen molar-refractivity contribution in [2.24, 2.45) is 0 Å². The van der Waals surface area contributed by atoms with Gasteiger partial charge in [0.15, 0.2) is 0 Å². The Morgan fingerprint density at radius 1 is 0.714 bits per heavy atom. The first-order chi connectivity index (χ1) is 17.1. The van der Waals surface area contributed by atoms with Crippen molar-refractivity contribution in [3.05, 3.63) is 120 Å². The van der Waals surface area contributed by atoms with Crippen molar-refractivity contribution in [3.8, 4) is 22.4 Å². The molecular formula is C32H24N2S. The van der Waals surface area contributed by atoms with Crippen LogP contribution in [0, 0.1) is 0 Å². The molecule has 35 heavy (non-hydrogen) atoms. The van der Waals surface area contributed by atoms with E-state index < -0.39 is 0 Å². The SMILES string of the molecule is CC1(C)c2ccccc2-c2c1ccc1c2N(c2ccccc2)c2cc(-c3ccccn3)ccc2S1. The van der Waals surface area contributed by atoms with E-state index >= 15 is 0 Å². The number of aromatic nitrogens is 1. The number of para-hydroxylation sites is 1. The van der Waals surface area contributed by atoms with E-state index in [9.17, 15) is 0 Å². The number of hydrogen-bond donors (Lipinski definition) is 0. The Morgan fingerprint density at radius 3 is 2.31 bits per heavy atom. The maximum atomic E-state index is 4.62. The molecule has 2 nitrogen and oxygen atoms in total. The van der Waals surface area contributed by atoms with Gasteiger partial charge in [0, 0.05) is 38.2 Å². The van der Waals surface area contributed by atoms with Crippen LogP contribution in [0.5, 0.6) is 0 Å². The van der Waals surface area contributed by atoms with E-state index in [1.165, 1.54) is 49.1 Å². The summed E-state index contributed by atoms with van der Waals surface area (Å²) in [6.45, 7) is 4.69. The summed E-state index contributed by atoms with van der Waals surface area (Å²) in [6, 6.07) is 37.1. The van der Waals surface area contributed by atoms with Gasteiger partial charge in [-0.15, -0.1) is 0 Å². The summed E-state index contributed by atoms with van der Waals surface area (Å²) in [6.07, 6.45) is 1.86. The number of anilines is 3. The highest BCUT2D eigenvalue weighted by atomic mass is 32.2. The second kappa shape index (κ2) is 7.59. The van der Waals surface area contributed by atoms with E-state index in [-0.39, 0.29) is 5.41 Å². The van der Waals surface area contributed by atoms with Crippen LogP contribution in [0.4, 0.5) is 17.1 Å². The van der Waals surface area contributed by atoms with Gasteiger partial charge in [0.1, 0.15) is 0 Å². The Bertz CT molecular complexity index is 1590. The fourth-order valence-corrected chi connectivity index (χ4v) is 6.67. The normalized spacial score (nSPS) is 14.6. The number of fused-ring (bicyclic) bond motifs is 6. The average molecular weight is 469 g/mol. The van der Waals surface area contributed by atoms with Gasteiger partial charge < -0.3 is 4.90 Å². The van der Waals surface area contributed by atoms with Gasteiger partial charge in [0.25, 0.3) is 0 Å². The van der Waals surface area contributed by atoms with Crippen LogP contribution in [0.1, 0.15) is 25.0 Å². The van der Waals surface area contributed by atoms with Gasteiger partial charge in [-0.1, -0.05) is 86.3 Å². The molecular weight excluding hydrogens is 444 g/mol. The van der Waals surface area contributed by atoms with E-state index in [0.29, 0.717) is 0 Å². The molecule has 2 heterocycles. The highest BCUT2D eigenvalue weighted by Gasteiger charge is 2.40. The van der Waals surface area contributed by atoms with Crippen molar-refractivity contribution in [2.75, 3.05) is 4.90 Å². The molecule has 0 bridgehead atoms. The molecule has 1 aromatic heterocycles. The van der Waals surface area contributed by atoms with Crippen molar-refractivity contribution in [1.29, 1.82) is 0 Å². The first-order valence-corrected chi connectivity index (χ1v) is 12.8. The largest absolute Gasteiger partial charge is 0.308 e. The Balaban J connectivity index is 1.53. The molecule has 4 aromatic carbocycles. The fraction of sp³-hybridized carbons (Fsp3) is 0.0938. The van der Waals surface area contributed by atoms with Gasteiger partial charge in [-0.3, -0.25) is 4.98 Å². The lowest BCUT2D eigenvalue weighted by molar-refractivity contribution is 0.660. The Kier molecular flexibility index (Phi) is 4.46.